The number of pyridine rings is 1. The van der Waals surface area contributed by atoms with Gasteiger partial charge < -0.3 is 10.2 Å². The summed E-state index contributed by atoms with van der Waals surface area (Å²) in [6.45, 7) is 1.83. The average Bonchev–Trinajstić information content (AvgIpc) is 2.39. The molecule has 0 saturated carbocycles. The molecule has 0 aliphatic carbocycles. The zero-order chi connectivity index (χ0) is 11.7. The highest BCUT2D eigenvalue weighted by molar-refractivity contribution is 5.80. The SMILES string of the molecule is F[C@H]1CNCCN1c1ccc2ccccc2n1. The number of alkyl halides is 1. The van der Waals surface area contributed by atoms with Crippen molar-refractivity contribution in [3.63, 3.8) is 0 Å². The number of nitrogens with zero attached hydrogens (tertiary/aromatic N) is 2. The number of fused-ring (bicyclic) bond motifs is 1. The summed E-state index contributed by atoms with van der Waals surface area (Å²) >= 11 is 0. The van der Waals surface area contributed by atoms with E-state index in [1.54, 1.807) is 4.90 Å². The third-order valence-electron chi connectivity index (χ3n) is 3.06. The van der Waals surface area contributed by atoms with Crippen LogP contribution in [0.5, 0.6) is 0 Å². The molecule has 0 spiro atoms. The van der Waals surface area contributed by atoms with Gasteiger partial charge in [0.05, 0.1) is 5.52 Å². The molecule has 0 radical (unpaired) electrons. The zero-order valence-corrected chi connectivity index (χ0v) is 9.44. The maximum absolute atomic E-state index is 13.8. The summed E-state index contributed by atoms with van der Waals surface area (Å²) in [5.41, 5.74) is 0.913. The van der Waals surface area contributed by atoms with Gasteiger partial charge >= 0.3 is 0 Å². The van der Waals surface area contributed by atoms with Gasteiger partial charge in [0.25, 0.3) is 0 Å². The minimum atomic E-state index is -0.989. The molecule has 4 heteroatoms. The second kappa shape index (κ2) is 4.30. The lowest BCUT2D eigenvalue weighted by atomic mass is 10.2. The monoisotopic (exact) mass is 231 g/mol. The first kappa shape index (κ1) is 10.5. The number of hydrogen-bond donors (Lipinski definition) is 1. The van der Waals surface area contributed by atoms with Crippen molar-refractivity contribution in [3.8, 4) is 0 Å². The normalized spacial score (nSPS) is 20.8. The molecule has 1 atom stereocenters. The molecule has 0 bridgehead atoms. The van der Waals surface area contributed by atoms with Crippen molar-refractivity contribution in [1.82, 2.24) is 10.3 Å². The van der Waals surface area contributed by atoms with Crippen molar-refractivity contribution in [3.05, 3.63) is 36.4 Å². The smallest absolute Gasteiger partial charge is 0.186 e. The van der Waals surface area contributed by atoms with Crippen LogP contribution in [-0.2, 0) is 0 Å². The van der Waals surface area contributed by atoms with Gasteiger partial charge in [0.15, 0.2) is 6.30 Å². The molecule has 1 aliphatic heterocycles. The Labute approximate surface area is 99.3 Å². The van der Waals surface area contributed by atoms with Crippen LogP contribution in [0.3, 0.4) is 0 Å². The molecule has 1 N–H and O–H groups in total. The fourth-order valence-electron chi connectivity index (χ4n) is 2.14. The van der Waals surface area contributed by atoms with Crippen LogP contribution in [0, 0.1) is 0 Å². The van der Waals surface area contributed by atoms with Gasteiger partial charge in [-0.15, -0.1) is 0 Å². The zero-order valence-electron chi connectivity index (χ0n) is 9.44. The summed E-state index contributed by atoms with van der Waals surface area (Å²) in [7, 11) is 0. The van der Waals surface area contributed by atoms with Crippen molar-refractivity contribution < 1.29 is 4.39 Å². The molecule has 1 fully saturated rings. The van der Waals surface area contributed by atoms with Gasteiger partial charge in [0.1, 0.15) is 5.82 Å². The molecule has 1 aromatic carbocycles. The number of para-hydroxylation sites is 1. The van der Waals surface area contributed by atoms with Gasteiger partial charge in [-0.2, -0.15) is 0 Å². The van der Waals surface area contributed by atoms with E-state index in [-0.39, 0.29) is 0 Å². The molecule has 1 aromatic heterocycles. The molecule has 1 saturated heterocycles. The van der Waals surface area contributed by atoms with Crippen molar-refractivity contribution in [2.75, 3.05) is 24.5 Å². The Morgan fingerprint density at radius 1 is 1.24 bits per heavy atom. The fourth-order valence-corrected chi connectivity index (χ4v) is 2.14. The second-order valence-electron chi connectivity index (χ2n) is 4.19. The van der Waals surface area contributed by atoms with E-state index in [9.17, 15) is 4.39 Å². The van der Waals surface area contributed by atoms with E-state index >= 15 is 0 Å². The minimum absolute atomic E-state index is 0.370. The lowest BCUT2D eigenvalue weighted by Gasteiger charge is -2.32. The molecule has 2 heterocycles. The molecule has 3 rings (SSSR count). The first-order chi connectivity index (χ1) is 8.34. The molecule has 88 valence electrons. The van der Waals surface area contributed by atoms with Gasteiger partial charge in [0.2, 0.25) is 0 Å². The van der Waals surface area contributed by atoms with Gasteiger partial charge in [-0.05, 0) is 18.2 Å². The largest absolute Gasteiger partial charge is 0.324 e. The standard InChI is InChI=1S/C13H14FN3/c14-12-9-15-7-8-17(12)13-6-5-10-3-1-2-4-11(10)16-13/h1-6,12,15H,7-9H2/t12-/m1/s1. The minimum Gasteiger partial charge on any atom is -0.324 e. The van der Waals surface area contributed by atoms with E-state index in [4.69, 9.17) is 0 Å². The average molecular weight is 231 g/mol. The maximum atomic E-state index is 13.8. The summed E-state index contributed by atoms with van der Waals surface area (Å²) in [6.07, 6.45) is -0.989. The Balaban J connectivity index is 1.99. The van der Waals surface area contributed by atoms with Crippen LogP contribution in [0.2, 0.25) is 0 Å². The molecular weight excluding hydrogens is 217 g/mol. The number of halogens is 1. The number of anilines is 1. The highest BCUT2D eigenvalue weighted by Gasteiger charge is 2.22. The van der Waals surface area contributed by atoms with Crippen LogP contribution in [-0.4, -0.2) is 30.9 Å². The first-order valence-electron chi connectivity index (χ1n) is 5.82. The van der Waals surface area contributed by atoms with Crippen LogP contribution < -0.4 is 10.2 Å². The van der Waals surface area contributed by atoms with Crippen LogP contribution in [0.25, 0.3) is 10.9 Å². The number of benzene rings is 1. The van der Waals surface area contributed by atoms with Gasteiger partial charge in [-0.25, -0.2) is 9.37 Å². The Kier molecular flexibility index (Phi) is 2.65. The van der Waals surface area contributed by atoms with E-state index in [1.165, 1.54) is 0 Å². The molecule has 1 aliphatic rings. The lowest BCUT2D eigenvalue weighted by Crippen LogP contribution is -2.49. The fraction of sp³-hybridized carbons (Fsp3) is 0.308. The summed E-state index contributed by atoms with van der Waals surface area (Å²) in [6, 6.07) is 11.8. The molecule has 2 aromatic rings. The predicted octanol–water partition coefficient (Wildman–Crippen LogP) is 1.94. The lowest BCUT2D eigenvalue weighted by molar-refractivity contribution is 0.279. The van der Waals surface area contributed by atoms with Gasteiger partial charge in [-0.3, -0.25) is 0 Å². The van der Waals surface area contributed by atoms with Crippen molar-refractivity contribution in [1.29, 1.82) is 0 Å². The Hall–Kier alpha value is -1.68. The molecule has 0 unspecified atom stereocenters. The highest BCUT2D eigenvalue weighted by atomic mass is 19.1. The number of nitrogens with one attached hydrogen (secondary N) is 1. The Morgan fingerprint density at radius 2 is 2.12 bits per heavy atom. The van der Waals surface area contributed by atoms with E-state index in [0.29, 0.717) is 13.1 Å². The Morgan fingerprint density at radius 3 is 3.00 bits per heavy atom. The number of aromatic nitrogens is 1. The van der Waals surface area contributed by atoms with Crippen molar-refractivity contribution >= 4 is 16.7 Å². The van der Waals surface area contributed by atoms with Crippen LogP contribution >= 0.6 is 0 Å². The maximum Gasteiger partial charge on any atom is 0.186 e. The summed E-state index contributed by atoms with van der Waals surface area (Å²) in [5.74, 6) is 0.720. The van der Waals surface area contributed by atoms with E-state index in [2.05, 4.69) is 10.3 Å². The third-order valence-corrected chi connectivity index (χ3v) is 3.06. The quantitative estimate of drug-likeness (QED) is 0.760. The van der Waals surface area contributed by atoms with Crippen LogP contribution in [0.4, 0.5) is 10.2 Å². The van der Waals surface area contributed by atoms with Crippen molar-refractivity contribution in [2.45, 2.75) is 6.30 Å². The summed E-state index contributed by atoms with van der Waals surface area (Å²) < 4.78 is 13.8. The van der Waals surface area contributed by atoms with E-state index in [0.717, 1.165) is 23.3 Å². The number of piperazine rings is 1. The summed E-state index contributed by atoms with van der Waals surface area (Å²) in [5, 5.41) is 4.11. The van der Waals surface area contributed by atoms with Crippen LogP contribution in [0.15, 0.2) is 36.4 Å². The first-order valence-corrected chi connectivity index (χ1v) is 5.82. The summed E-state index contributed by atoms with van der Waals surface area (Å²) in [4.78, 5) is 6.22. The van der Waals surface area contributed by atoms with Crippen LogP contribution in [0.1, 0.15) is 0 Å². The number of rotatable bonds is 1. The topological polar surface area (TPSA) is 28.2 Å². The molecule has 17 heavy (non-hydrogen) atoms. The third kappa shape index (κ3) is 1.96. The van der Waals surface area contributed by atoms with Gasteiger partial charge in [-0.1, -0.05) is 18.2 Å². The molecule has 3 nitrogen and oxygen atoms in total. The number of hydrogen-bond acceptors (Lipinski definition) is 3. The second-order valence-corrected chi connectivity index (χ2v) is 4.19. The van der Waals surface area contributed by atoms with Gasteiger partial charge in [0, 0.05) is 25.0 Å². The Bertz CT molecular complexity index is 529. The predicted molar refractivity (Wildman–Crippen MR) is 66.9 cm³/mol. The van der Waals surface area contributed by atoms with E-state index in [1.807, 2.05) is 36.4 Å². The molecule has 0 amide bonds. The highest BCUT2D eigenvalue weighted by Crippen LogP contribution is 2.20. The molecular formula is C13H14FN3. The van der Waals surface area contributed by atoms with Crippen molar-refractivity contribution in [2.24, 2.45) is 0 Å². The van der Waals surface area contributed by atoms with E-state index < -0.39 is 6.30 Å².